The molecule has 0 aromatic heterocycles. The van der Waals surface area contributed by atoms with Gasteiger partial charge in [-0.05, 0) is 203 Å². The van der Waals surface area contributed by atoms with Crippen LogP contribution < -0.4 is 30.1 Å². The van der Waals surface area contributed by atoms with Crippen LogP contribution in [0.3, 0.4) is 0 Å². The lowest BCUT2D eigenvalue weighted by atomic mass is 9.80. The Kier molecular flexibility index (Phi) is 29.8. The van der Waals surface area contributed by atoms with Crippen LogP contribution >= 0.6 is 60.2 Å². The number of carbonyl (C=O) groups excluding carboxylic acids is 2. The van der Waals surface area contributed by atoms with E-state index in [9.17, 15) is 63.2 Å². The zero-order valence-electron chi connectivity index (χ0n) is 51.8. The van der Waals surface area contributed by atoms with Crippen LogP contribution in [0.1, 0.15) is 70.8 Å². The third kappa shape index (κ3) is 20.6. The summed E-state index contributed by atoms with van der Waals surface area (Å²) in [7, 11) is 4.37. The van der Waals surface area contributed by atoms with Crippen molar-refractivity contribution in [3.05, 3.63) is 312 Å². The SMILES string of the molecule is COc1ccc(C(=O)c2ccc(F)cc2)c(C#N)c1Br.COc1ccc(C(=O)c2ccc(F)cc2)c(N)c1Br.COc1ccc(Cc2ccc(F)cc2)c(C#N)c1-c1cccc([N+](=O)[O-])c1.COc1ccc(Cc2ccc(F)cc2)c(C#N)c1Br.Cl.O=[N+]([O-])c1cccc(B(O)O)c1. The molecule has 0 bridgehead atoms. The van der Waals surface area contributed by atoms with Crippen LogP contribution in [0.15, 0.2) is 208 Å². The van der Waals surface area contributed by atoms with Crippen molar-refractivity contribution >= 4 is 101 Å². The van der Waals surface area contributed by atoms with Crippen molar-refractivity contribution in [2.75, 3.05) is 34.2 Å². The molecule has 27 heteroatoms. The van der Waals surface area contributed by atoms with E-state index in [2.05, 4.69) is 59.9 Å². The molecule has 0 fully saturated rings. The standard InChI is InChI=1S/C21H15FN2O3.C15H9BrFNO2.C15H11BrFNO.C14H11BrFNO2.C6H6BNO4.ClH/c1-27-20-10-7-15(11-14-5-8-17(22)9-6-14)19(13-23)21(20)16-3-2-4-18(12-16)24(25)26;1-20-13-7-6-11(12(8-18)14(13)16)15(19)9-2-4-10(17)5-3-9;1-19-14-7-4-11(13(9-18)15(14)16)8-10-2-5-12(17)6-3-10;1-19-11-7-6-10(13(17)12(11)15)14(18)8-2-4-9(16)5-3-8;9-7(10)5-2-1-3-6(4-5)8(11)12;/h2-10,12H,11H2,1H3;2-7H,1H3;2-7H,8H2,1H3;2-7H,17H2,1H3;1-4,9-10H;1H. The average Bonchev–Trinajstić information content (AvgIpc) is 0.815. The minimum absolute atomic E-state index is 0. The third-order valence-electron chi connectivity index (χ3n) is 14.0. The van der Waals surface area contributed by atoms with Crippen molar-refractivity contribution < 1.29 is 66.0 Å². The molecule has 0 radical (unpaired) electrons. The Hall–Kier alpha value is -10.8. The van der Waals surface area contributed by atoms with Crippen LogP contribution in [0.4, 0.5) is 34.6 Å². The minimum atomic E-state index is -1.66. The number of hydrogen-bond acceptors (Lipinski definition) is 16. The number of benzene rings is 10. The molecule has 4 N–H and O–H groups in total. The van der Waals surface area contributed by atoms with Crippen molar-refractivity contribution in [3.63, 3.8) is 0 Å². The summed E-state index contributed by atoms with van der Waals surface area (Å²) in [5.74, 6) is 0.0928. The molecule has 0 amide bonds. The van der Waals surface area contributed by atoms with Gasteiger partial charge in [0, 0.05) is 52.1 Å². The average molecular weight is 1540 g/mol. The Morgan fingerprint density at radius 2 is 0.857 bits per heavy atom. The second-order valence-corrected chi connectivity index (χ2v) is 22.4. The van der Waals surface area contributed by atoms with E-state index in [1.165, 1.54) is 131 Å². The third-order valence-corrected chi connectivity index (χ3v) is 16.3. The van der Waals surface area contributed by atoms with Crippen molar-refractivity contribution in [1.82, 2.24) is 0 Å². The summed E-state index contributed by atoms with van der Waals surface area (Å²) in [4.78, 5) is 44.9. The molecule has 0 aliphatic rings. The van der Waals surface area contributed by atoms with Gasteiger partial charge < -0.3 is 34.7 Å². The maximum Gasteiger partial charge on any atom is 0.488 e. The number of nitro groups is 2. The van der Waals surface area contributed by atoms with Gasteiger partial charge in [-0.15, -0.1) is 12.4 Å². The second kappa shape index (κ2) is 37.5. The molecule has 498 valence electrons. The minimum Gasteiger partial charge on any atom is -0.496 e. The number of ether oxygens (including phenoxy) is 4. The molecular formula is C71H53BBr3ClF4N6O12. The number of anilines is 1. The zero-order chi connectivity index (χ0) is 71.0. The molecule has 10 rings (SSSR count). The maximum absolute atomic E-state index is 13.1. The predicted molar refractivity (Wildman–Crippen MR) is 374 cm³/mol. The Labute approximate surface area is 590 Å². The molecule has 0 atom stereocenters. The fourth-order valence-electron chi connectivity index (χ4n) is 9.05. The normalized spacial score (nSPS) is 9.94. The largest absolute Gasteiger partial charge is 0.496 e. The molecule has 10 aromatic carbocycles. The summed E-state index contributed by atoms with van der Waals surface area (Å²) in [6, 6.07) is 54.0. The van der Waals surface area contributed by atoms with E-state index in [-0.39, 0.29) is 69.4 Å². The van der Waals surface area contributed by atoms with Gasteiger partial charge >= 0.3 is 7.12 Å². The first-order chi connectivity index (χ1) is 46.4. The molecule has 10 aromatic rings. The van der Waals surface area contributed by atoms with Gasteiger partial charge in [0.05, 0.1) is 74.1 Å². The second-order valence-electron chi connectivity index (χ2n) is 20.0. The van der Waals surface area contributed by atoms with Gasteiger partial charge in [-0.3, -0.25) is 29.8 Å². The van der Waals surface area contributed by atoms with Gasteiger partial charge in [0.15, 0.2) is 11.6 Å². The maximum atomic E-state index is 13.1. The van der Waals surface area contributed by atoms with Crippen LogP contribution in [0.2, 0.25) is 0 Å². The summed E-state index contributed by atoms with van der Waals surface area (Å²) in [6.07, 6.45) is 1.00. The molecule has 0 saturated heterocycles. The van der Waals surface area contributed by atoms with Crippen LogP contribution in [0, 0.1) is 77.5 Å². The van der Waals surface area contributed by atoms with Gasteiger partial charge in [-0.2, -0.15) is 15.8 Å². The number of non-ortho nitro benzene ring substituents is 2. The molecule has 0 heterocycles. The van der Waals surface area contributed by atoms with E-state index in [1.807, 2.05) is 18.2 Å². The molecule has 0 spiro atoms. The lowest BCUT2D eigenvalue weighted by Crippen LogP contribution is -2.29. The highest BCUT2D eigenvalue weighted by Gasteiger charge is 2.22. The zero-order valence-corrected chi connectivity index (χ0v) is 57.4. The van der Waals surface area contributed by atoms with Crippen LogP contribution in [-0.2, 0) is 12.8 Å². The molecule has 0 saturated carbocycles. The highest BCUT2D eigenvalue weighted by atomic mass is 79.9. The first kappa shape index (κ1) is 77.9. The quantitative estimate of drug-likeness (QED) is 0.0202. The molecule has 0 aliphatic carbocycles. The number of nitriles is 3. The molecule has 98 heavy (non-hydrogen) atoms. The van der Waals surface area contributed by atoms with E-state index in [0.29, 0.717) is 93.9 Å². The van der Waals surface area contributed by atoms with Gasteiger partial charge in [0.1, 0.15) is 64.5 Å². The van der Waals surface area contributed by atoms with E-state index in [1.54, 1.807) is 73.8 Å². The first-order valence-electron chi connectivity index (χ1n) is 28.1. The monoisotopic (exact) mass is 1540 g/mol. The van der Waals surface area contributed by atoms with Crippen LogP contribution in [0.5, 0.6) is 23.0 Å². The number of ketones is 2. The van der Waals surface area contributed by atoms with Gasteiger partial charge in [-0.25, -0.2) is 17.6 Å². The molecule has 0 unspecified atom stereocenters. The van der Waals surface area contributed by atoms with E-state index in [0.717, 1.165) is 28.3 Å². The fraction of sp³-hybridized carbons (Fsp3) is 0.0845. The summed E-state index contributed by atoms with van der Waals surface area (Å²) in [5.41, 5.74) is 12.9. The van der Waals surface area contributed by atoms with Gasteiger partial charge in [0.2, 0.25) is 0 Å². The number of halogens is 8. The van der Waals surface area contributed by atoms with E-state index >= 15 is 0 Å². The number of rotatable bonds is 16. The summed E-state index contributed by atoms with van der Waals surface area (Å²) in [5, 5.41) is 66.9. The number of hydrogen-bond donors (Lipinski definition) is 3. The van der Waals surface area contributed by atoms with Crippen molar-refractivity contribution in [2.45, 2.75) is 12.8 Å². The lowest BCUT2D eigenvalue weighted by Gasteiger charge is -2.14. The number of nitro benzene ring substituents is 2. The highest BCUT2D eigenvalue weighted by Crippen LogP contribution is 2.39. The Morgan fingerprint density at radius 3 is 1.29 bits per heavy atom. The summed E-state index contributed by atoms with van der Waals surface area (Å²) in [6.45, 7) is 0. The number of carbonyl (C=O) groups is 2. The molecule has 0 aliphatic heterocycles. The number of methoxy groups -OCH3 is 4. The van der Waals surface area contributed by atoms with Crippen LogP contribution in [-0.4, -0.2) is 67.0 Å². The predicted octanol–water partition coefficient (Wildman–Crippen LogP) is 15.7. The van der Waals surface area contributed by atoms with Gasteiger partial charge in [-0.1, -0.05) is 60.7 Å². The fourth-order valence-corrected chi connectivity index (χ4v) is 10.8. The number of nitrogens with zero attached hydrogens (tertiary/aromatic N) is 5. The van der Waals surface area contributed by atoms with Crippen molar-refractivity contribution in [1.29, 1.82) is 15.8 Å². The molecule has 18 nitrogen and oxygen atoms in total. The van der Waals surface area contributed by atoms with Gasteiger partial charge in [0.25, 0.3) is 11.4 Å². The lowest BCUT2D eigenvalue weighted by molar-refractivity contribution is -0.385. The van der Waals surface area contributed by atoms with E-state index in [4.69, 9.17) is 34.7 Å². The van der Waals surface area contributed by atoms with Crippen molar-refractivity contribution in [3.8, 4) is 52.3 Å². The topological polar surface area (TPSA) is 295 Å². The Bertz CT molecular complexity index is 4640. The smallest absolute Gasteiger partial charge is 0.488 e. The molecular weight excluding hydrogens is 1490 g/mol. The van der Waals surface area contributed by atoms with E-state index < -0.39 is 22.8 Å². The summed E-state index contributed by atoms with van der Waals surface area (Å²) < 4.78 is 74.0. The number of nitrogens with two attached hydrogens (primary N) is 1. The Balaban J connectivity index is 0.000000225. The number of nitrogen functional groups attached to an aromatic ring is 1. The van der Waals surface area contributed by atoms with Crippen molar-refractivity contribution in [2.24, 2.45) is 0 Å². The highest BCUT2D eigenvalue weighted by molar-refractivity contribution is 9.11. The Morgan fingerprint density at radius 1 is 0.490 bits per heavy atom. The summed E-state index contributed by atoms with van der Waals surface area (Å²) >= 11 is 9.90. The van der Waals surface area contributed by atoms with Crippen LogP contribution in [0.25, 0.3) is 11.1 Å². The first-order valence-corrected chi connectivity index (χ1v) is 30.5.